The molecule has 2 atom stereocenters. The Morgan fingerprint density at radius 3 is 2.58 bits per heavy atom. The van der Waals surface area contributed by atoms with E-state index >= 15 is 0 Å². The van der Waals surface area contributed by atoms with Gasteiger partial charge < -0.3 is 4.90 Å². The van der Waals surface area contributed by atoms with Crippen molar-refractivity contribution in [2.24, 2.45) is 0 Å². The summed E-state index contributed by atoms with van der Waals surface area (Å²) in [4.78, 5) is 14.9. The molecule has 1 amide bonds. The third-order valence-corrected chi connectivity index (χ3v) is 6.55. The Labute approximate surface area is 143 Å². The van der Waals surface area contributed by atoms with Crippen LogP contribution in [0.5, 0.6) is 0 Å². The third-order valence-electron chi connectivity index (χ3n) is 5.62. The average molecular weight is 339 g/mol. The molecule has 2 aromatic rings. The van der Waals surface area contributed by atoms with Crippen molar-refractivity contribution in [2.45, 2.75) is 30.6 Å². The van der Waals surface area contributed by atoms with Crippen LogP contribution in [0.25, 0.3) is 0 Å². The lowest BCUT2D eigenvalue weighted by Gasteiger charge is -2.22. The molecule has 0 aromatic heterocycles. The Balaban J connectivity index is 1.63. The van der Waals surface area contributed by atoms with Gasteiger partial charge in [-0.3, -0.25) is 8.98 Å². The summed E-state index contributed by atoms with van der Waals surface area (Å²) in [6.07, 6.45) is 1.46. The van der Waals surface area contributed by atoms with Gasteiger partial charge in [0, 0.05) is 12.7 Å². The molecule has 2 aromatic carbocycles. The number of para-hydroxylation sites is 1. The summed E-state index contributed by atoms with van der Waals surface area (Å²) < 4.78 is 16.9. The van der Waals surface area contributed by atoms with Crippen molar-refractivity contribution in [3.63, 3.8) is 0 Å². The molecular formula is C19H17NO3S. The fourth-order valence-corrected chi connectivity index (χ4v) is 5.32. The van der Waals surface area contributed by atoms with E-state index in [1.165, 1.54) is 11.1 Å². The van der Waals surface area contributed by atoms with Crippen molar-refractivity contribution in [1.29, 1.82) is 0 Å². The summed E-state index contributed by atoms with van der Waals surface area (Å²) in [5.41, 5.74) is 6.32. The number of hydrogen-bond donors (Lipinski definition) is 0. The van der Waals surface area contributed by atoms with Crippen molar-refractivity contribution in [2.75, 3.05) is 11.9 Å². The van der Waals surface area contributed by atoms with Gasteiger partial charge in [0.25, 0.3) is 0 Å². The zero-order chi connectivity index (χ0) is 16.5. The third kappa shape index (κ3) is 1.77. The summed E-state index contributed by atoms with van der Waals surface area (Å²) in [7, 11) is 1.86. The molecule has 0 fully saturated rings. The lowest BCUT2D eigenvalue weighted by atomic mass is 9.79. The lowest BCUT2D eigenvalue weighted by molar-refractivity contribution is -0.122. The minimum Gasteiger partial charge on any atom is -0.314 e. The number of likely N-dealkylation sites (N-methyl/N-ethyl adjacent to an activating group) is 1. The Morgan fingerprint density at radius 2 is 1.79 bits per heavy atom. The van der Waals surface area contributed by atoms with Crippen molar-refractivity contribution >= 4 is 22.7 Å². The highest BCUT2D eigenvalue weighted by atomic mass is 32.2. The van der Waals surface area contributed by atoms with Gasteiger partial charge in [0.05, 0.1) is 17.8 Å². The molecule has 24 heavy (non-hydrogen) atoms. The first-order valence-electron chi connectivity index (χ1n) is 8.11. The topological polar surface area (TPSA) is 46.6 Å². The number of rotatable bonds is 0. The molecule has 0 saturated heterocycles. The maximum atomic E-state index is 13.1. The van der Waals surface area contributed by atoms with Crippen LogP contribution in [0.1, 0.15) is 27.8 Å². The second kappa shape index (κ2) is 4.77. The van der Waals surface area contributed by atoms with E-state index in [0.717, 1.165) is 35.2 Å². The zero-order valence-corrected chi connectivity index (χ0v) is 14.2. The quantitative estimate of drug-likeness (QED) is 0.740. The summed E-state index contributed by atoms with van der Waals surface area (Å²) in [5, 5.41) is 0. The fourth-order valence-electron chi connectivity index (χ4n) is 4.46. The van der Waals surface area contributed by atoms with Crippen molar-refractivity contribution in [1.82, 2.24) is 0 Å². The minimum absolute atomic E-state index is 0.178. The molecule has 1 spiro atoms. The van der Waals surface area contributed by atoms with Gasteiger partial charge in [-0.2, -0.15) is 0 Å². The lowest BCUT2D eigenvalue weighted by Crippen LogP contribution is -2.39. The molecule has 4 nitrogen and oxygen atoms in total. The van der Waals surface area contributed by atoms with E-state index in [1.54, 1.807) is 4.90 Å². The molecule has 1 aliphatic carbocycles. The van der Waals surface area contributed by atoms with Gasteiger partial charge in [-0.15, -0.1) is 0 Å². The van der Waals surface area contributed by atoms with Gasteiger partial charge in [0.2, 0.25) is 5.91 Å². The number of amides is 1. The van der Waals surface area contributed by atoms with Gasteiger partial charge >= 0.3 is 0 Å². The molecule has 0 radical (unpaired) electrons. The Morgan fingerprint density at radius 1 is 1.08 bits per heavy atom. The molecule has 5 rings (SSSR count). The smallest absolute Gasteiger partial charge is 0.238 e. The minimum atomic E-state index is -1.23. The highest BCUT2D eigenvalue weighted by molar-refractivity contribution is 7.79. The van der Waals surface area contributed by atoms with Crippen LogP contribution in [0.15, 0.2) is 36.4 Å². The molecule has 5 heteroatoms. The molecule has 0 bridgehead atoms. The molecular weight excluding hydrogens is 322 g/mol. The summed E-state index contributed by atoms with van der Waals surface area (Å²) in [6, 6.07) is 12.4. The number of hydrogen-bond acceptors (Lipinski definition) is 3. The zero-order valence-electron chi connectivity index (χ0n) is 13.4. The average Bonchev–Trinajstić information content (AvgIpc) is 3.05. The Hall–Kier alpha value is -1.98. The number of nitrogens with zero attached hydrogens (tertiary/aromatic N) is 1. The van der Waals surface area contributed by atoms with Gasteiger partial charge in [-0.05, 0) is 46.7 Å². The molecule has 0 N–H and O–H groups in total. The number of benzene rings is 2. The van der Waals surface area contributed by atoms with Gasteiger partial charge in [0.15, 0.2) is 11.1 Å². The van der Waals surface area contributed by atoms with Crippen molar-refractivity contribution in [3.8, 4) is 0 Å². The van der Waals surface area contributed by atoms with Gasteiger partial charge in [0.1, 0.15) is 0 Å². The van der Waals surface area contributed by atoms with E-state index in [4.69, 9.17) is 4.18 Å². The normalized spacial score (nSPS) is 27.3. The Bertz CT molecular complexity index is 923. The number of fused-ring (bicyclic) bond motifs is 4. The van der Waals surface area contributed by atoms with Crippen molar-refractivity contribution < 1.29 is 13.2 Å². The molecule has 2 heterocycles. The predicted molar refractivity (Wildman–Crippen MR) is 92.0 cm³/mol. The molecule has 3 aliphatic rings. The van der Waals surface area contributed by atoms with Crippen LogP contribution < -0.4 is 4.90 Å². The largest absolute Gasteiger partial charge is 0.314 e. The summed E-state index contributed by atoms with van der Waals surface area (Å²) in [6.45, 7) is 0.395. The van der Waals surface area contributed by atoms with Crippen molar-refractivity contribution in [3.05, 3.63) is 64.2 Å². The molecule has 0 saturated carbocycles. The van der Waals surface area contributed by atoms with Gasteiger partial charge in [-0.1, -0.05) is 30.3 Å². The van der Waals surface area contributed by atoms with Crippen LogP contribution in [-0.2, 0) is 50.7 Å². The second-order valence-electron chi connectivity index (χ2n) is 6.92. The van der Waals surface area contributed by atoms with E-state index < -0.39 is 16.5 Å². The van der Waals surface area contributed by atoms with E-state index in [9.17, 15) is 9.00 Å². The van der Waals surface area contributed by atoms with Crippen LogP contribution in [0.3, 0.4) is 0 Å². The predicted octanol–water partition coefficient (Wildman–Crippen LogP) is 2.39. The molecule has 2 aliphatic heterocycles. The van der Waals surface area contributed by atoms with E-state index in [1.807, 2.05) is 25.2 Å². The highest BCUT2D eigenvalue weighted by Crippen LogP contribution is 2.49. The number of anilines is 1. The first-order chi connectivity index (χ1) is 11.6. The molecule has 122 valence electrons. The number of carbonyl (C=O) groups is 1. The highest BCUT2D eigenvalue weighted by Gasteiger charge is 2.52. The first kappa shape index (κ1) is 14.4. The van der Waals surface area contributed by atoms with E-state index in [-0.39, 0.29) is 5.91 Å². The number of carbonyl (C=O) groups excluding carboxylic acids is 1. The standard InChI is InChI=1S/C19H17NO3S/c1-20-17-5-3-2-4-16(17)19(18(20)21)8-12-6-14-10-23-24(22)11-15(14)7-13(12)9-19/h2-7H,8-11H2,1H3. The fraction of sp³-hybridized carbons (Fsp3) is 0.316. The summed E-state index contributed by atoms with van der Waals surface area (Å²) >= 11 is -1.23. The monoisotopic (exact) mass is 339 g/mol. The van der Waals surface area contributed by atoms with Crippen LogP contribution in [-0.4, -0.2) is 17.2 Å². The maximum absolute atomic E-state index is 13.1. The Kier molecular flexibility index (Phi) is 2.86. The van der Waals surface area contributed by atoms with Gasteiger partial charge in [-0.25, -0.2) is 4.21 Å². The molecule has 2 unspecified atom stereocenters. The summed E-state index contributed by atoms with van der Waals surface area (Å²) in [5.74, 6) is 0.623. The second-order valence-corrected chi connectivity index (χ2v) is 8.05. The van der Waals surface area contributed by atoms with E-state index in [2.05, 4.69) is 18.2 Å². The SMILES string of the molecule is CN1C(=O)C2(Cc3cc4c(cc3C2)CS(=O)OC4)c2ccccc21. The van der Waals surface area contributed by atoms with Crippen LogP contribution in [0, 0.1) is 0 Å². The maximum Gasteiger partial charge on any atom is 0.238 e. The van der Waals surface area contributed by atoms with Crippen LogP contribution in [0.4, 0.5) is 5.69 Å². The van der Waals surface area contributed by atoms with Crippen LogP contribution in [0.2, 0.25) is 0 Å². The first-order valence-corrected chi connectivity index (χ1v) is 9.36. The van der Waals surface area contributed by atoms with E-state index in [0.29, 0.717) is 12.4 Å². The van der Waals surface area contributed by atoms with Crippen LogP contribution >= 0.6 is 0 Å².